The molecule has 0 spiro atoms. The van der Waals surface area contributed by atoms with Crippen LogP contribution in [0.25, 0.3) is 0 Å². The van der Waals surface area contributed by atoms with Crippen LogP contribution in [0.4, 0.5) is 0 Å². The molecule has 0 aromatic rings. The molecule has 0 atom stereocenters. The molecule has 0 aromatic heterocycles. The van der Waals surface area contributed by atoms with Gasteiger partial charge in [0.15, 0.2) is 0 Å². The van der Waals surface area contributed by atoms with Crippen LogP contribution in [0.15, 0.2) is 47.0 Å². The average Bonchev–Trinajstić information content (AvgIpc) is 2.45. The molecule has 21 heavy (non-hydrogen) atoms. The Bertz CT molecular complexity index is 482. The number of hydrogen-bond acceptors (Lipinski definition) is 2. The normalized spacial score (nSPS) is 26.7. The third-order valence-corrected chi connectivity index (χ3v) is 4.52. The fraction of sp³-hybridized carbons (Fsp3) is 0.579. The second-order valence-electron chi connectivity index (χ2n) is 6.75. The predicted molar refractivity (Wildman–Crippen MR) is 89.9 cm³/mol. The molecule has 2 nitrogen and oxygen atoms in total. The highest BCUT2D eigenvalue weighted by atomic mass is 16.5. The van der Waals surface area contributed by atoms with Gasteiger partial charge in [0.25, 0.3) is 0 Å². The zero-order valence-electron chi connectivity index (χ0n) is 14.1. The Labute approximate surface area is 129 Å². The third kappa shape index (κ3) is 4.60. The number of hydrogen-bond donors (Lipinski definition) is 0. The molecule has 1 aliphatic heterocycles. The fourth-order valence-electron chi connectivity index (χ4n) is 3.07. The first-order valence-electron chi connectivity index (χ1n) is 8.05. The van der Waals surface area contributed by atoms with Gasteiger partial charge in [0.05, 0.1) is 0 Å². The Kier molecular flexibility index (Phi) is 5.46. The van der Waals surface area contributed by atoms with Crippen molar-refractivity contribution in [3.63, 3.8) is 0 Å². The second-order valence-corrected chi connectivity index (χ2v) is 6.75. The molecule has 1 aliphatic carbocycles. The van der Waals surface area contributed by atoms with E-state index in [9.17, 15) is 0 Å². The first kappa shape index (κ1) is 16.1. The zero-order valence-corrected chi connectivity index (χ0v) is 14.1. The Balaban J connectivity index is 1.95. The zero-order chi connectivity index (χ0) is 15.4. The summed E-state index contributed by atoms with van der Waals surface area (Å²) in [5.41, 5.74) is 2.60. The molecule has 1 saturated carbocycles. The average molecular weight is 287 g/mol. The summed E-state index contributed by atoms with van der Waals surface area (Å²) in [6, 6.07) is 0.766. The maximum absolute atomic E-state index is 5.81. The summed E-state index contributed by atoms with van der Waals surface area (Å²) < 4.78 is 5.81. The molecule has 2 heteroatoms. The van der Waals surface area contributed by atoms with E-state index in [0.29, 0.717) is 5.92 Å². The van der Waals surface area contributed by atoms with Crippen molar-refractivity contribution in [1.29, 1.82) is 0 Å². The Morgan fingerprint density at radius 3 is 2.38 bits per heavy atom. The molecule has 2 aliphatic rings. The van der Waals surface area contributed by atoms with Crippen LogP contribution in [0.3, 0.4) is 0 Å². The summed E-state index contributed by atoms with van der Waals surface area (Å²) in [6.07, 6.45) is 14.0. The molecule has 116 valence electrons. The van der Waals surface area contributed by atoms with Gasteiger partial charge in [-0.15, -0.1) is 0 Å². The predicted octanol–water partition coefficient (Wildman–Crippen LogP) is 4.82. The molecule has 0 amide bonds. The van der Waals surface area contributed by atoms with E-state index < -0.39 is 0 Å². The molecular formula is C19H29NO. The van der Waals surface area contributed by atoms with Crippen molar-refractivity contribution in [2.45, 2.75) is 52.5 Å². The van der Waals surface area contributed by atoms with Crippen molar-refractivity contribution in [2.24, 2.45) is 5.92 Å². The van der Waals surface area contributed by atoms with Crippen LogP contribution >= 0.6 is 0 Å². The minimum absolute atomic E-state index is 0.701. The smallest absolute Gasteiger partial charge is 0.127 e. The van der Waals surface area contributed by atoms with Crippen LogP contribution < -0.4 is 0 Å². The van der Waals surface area contributed by atoms with Gasteiger partial charge in [-0.1, -0.05) is 11.6 Å². The van der Waals surface area contributed by atoms with Crippen molar-refractivity contribution in [1.82, 2.24) is 4.90 Å². The third-order valence-electron chi connectivity index (χ3n) is 4.52. The lowest BCUT2D eigenvalue weighted by molar-refractivity contribution is 0.209. The van der Waals surface area contributed by atoms with Gasteiger partial charge < -0.3 is 9.64 Å². The fourth-order valence-corrected chi connectivity index (χ4v) is 3.07. The van der Waals surface area contributed by atoms with E-state index >= 15 is 0 Å². The van der Waals surface area contributed by atoms with Gasteiger partial charge in [0.2, 0.25) is 0 Å². The van der Waals surface area contributed by atoms with Crippen LogP contribution in [-0.4, -0.2) is 25.0 Å². The lowest BCUT2D eigenvalue weighted by atomic mass is 9.85. The standard InChI is InChI=1S/C19H29NO/c1-14(2)17-12-15(3)21-19(13-17)11-8-16-6-9-18(10-7-16)20(4)5/h8,11-13,16,18H,6-7,9-10H2,1-5H3. The molecule has 1 fully saturated rings. The topological polar surface area (TPSA) is 12.5 Å². The maximum Gasteiger partial charge on any atom is 0.127 e. The van der Waals surface area contributed by atoms with Crippen molar-refractivity contribution in [2.75, 3.05) is 14.1 Å². The molecule has 0 aromatic carbocycles. The van der Waals surface area contributed by atoms with E-state index in [2.05, 4.69) is 57.1 Å². The number of ether oxygens (including phenoxy) is 1. The van der Waals surface area contributed by atoms with Gasteiger partial charge in [-0.2, -0.15) is 0 Å². The van der Waals surface area contributed by atoms with Crippen molar-refractivity contribution in [3.05, 3.63) is 47.0 Å². The lowest BCUT2D eigenvalue weighted by Gasteiger charge is -2.31. The molecule has 0 saturated heterocycles. The molecule has 0 unspecified atom stereocenters. The highest BCUT2D eigenvalue weighted by Gasteiger charge is 2.20. The summed E-state index contributed by atoms with van der Waals surface area (Å²) in [7, 11) is 4.38. The van der Waals surface area contributed by atoms with Crippen molar-refractivity contribution < 1.29 is 4.74 Å². The molecule has 1 heterocycles. The van der Waals surface area contributed by atoms with E-state index in [-0.39, 0.29) is 0 Å². The summed E-state index contributed by atoms with van der Waals surface area (Å²) in [6.45, 7) is 6.31. The summed E-state index contributed by atoms with van der Waals surface area (Å²) in [5.74, 6) is 2.65. The van der Waals surface area contributed by atoms with Crippen molar-refractivity contribution in [3.8, 4) is 0 Å². The van der Waals surface area contributed by atoms with Crippen LogP contribution in [-0.2, 0) is 4.74 Å². The Morgan fingerprint density at radius 1 is 1.14 bits per heavy atom. The highest BCUT2D eigenvalue weighted by Crippen LogP contribution is 2.29. The van der Waals surface area contributed by atoms with Gasteiger partial charge in [0.1, 0.15) is 11.5 Å². The lowest BCUT2D eigenvalue weighted by Crippen LogP contribution is -2.31. The van der Waals surface area contributed by atoms with Gasteiger partial charge in [-0.05, 0) is 90.3 Å². The number of allylic oxidation sites excluding steroid dienone is 7. The first-order chi connectivity index (χ1) is 9.95. The number of rotatable bonds is 3. The molecular weight excluding hydrogens is 258 g/mol. The Morgan fingerprint density at radius 2 is 1.81 bits per heavy atom. The van der Waals surface area contributed by atoms with Crippen LogP contribution in [0.1, 0.15) is 46.5 Å². The minimum atomic E-state index is 0.701. The monoisotopic (exact) mass is 287 g/mol. The molecule has 0 radical (unpaired) electrons. The Hall–Kier alpha value is -1.28. The molecule has 2 rings (SSSR count). The maximum atomic E-state index is 5.81. The quantitative estimate of drug-likeness (QED) is 0.738. The number of nitrogens with zero attached hydrogens (tertiary/aromatic N) is 1. The summed E-state index contributed by atoms with van der Waals surface area (Å²) >= 11 is 0. The minimum Gasteiger partial charge on any atom is -0.462 e. The van der Waals surface area contributed by atoms with Gasteiger partial charge in [-0.3, -0.25) is 0 Å². The van der Waals surface area contributed by atoms with E-state index in [1.54, 1.807) is 0 Å². The SMILES string of the molecule is CC1=CC(=C(C)C)C=C(C=CC2CCC(N(C)C)CC2)O1. The van der Waals surface area contributed by atoms with Gasteiger partial charge in [0, 0.05) is 6.04 Å². The van der Waals surface area contributed by atoms with Crippen LogP contribution in [0, 0.1) is 5.92 Å². The van der Waals surface area contributed by atoms with Crippen LogP contribution in [0.5, 0.6) is 0 Å². The summed E-state index contributed by atoms with van der Waals surface area (Å²) in [5, 5.41) is 0. The van der Waals surface area contributed by atoms with E-state index in [1.807, 2.05) is 6.92 Å². The van der Waals surface area contributed by atoms with Crippen LogP contribution in [0.2, 0.25) is 0 Å². The highest BCUT2D eigenvalue weighted by molar-refractivity contribution is 5.42. The van der Waals surface area contributed by atoms with E-state index in [0.717, 1.165) is 17.6 Å². The molecule has 0 bridgehead atoms. The van der Waals surface area contributed by atoms with E-state index in [1.165, 1.54) is 36.8 Å². The van der Waals surface area contributed by atoms with E-state index in [4.69, 9.17) is 4.74 Å². The summed E-state index contributed by atoms with van der Waals surface area (Å²) in [4.78, 5) is 2.36. The molecule has 0 N–H and O–H groups in total. The van der Waals surface area contributed by atoms with Gasteiger partial charge in [-0.25, -0.2) is 0 Å². The largest absolute Gasteiger partial charge is 0.462 e. The van der Waals surface area contributed by atoms with Gasteiger partial charge >= 0.3 is 0 Å². The van der Waals surface area contributed by atoms with Crippen molar-refractivity contribution >= 4 is 0 Å². The second kappa shape index (κ2) is 7.13. The first-order valence-corrected chi connectivity index (χ1v) is 8.05.